The van der Waals surface area contributed by atoms with Crippen LogP contribution in [0.5, 0.6) is 0 Å². The summed E-state index contributed by atoms with van der Waals surface area (Å²) < 4.78 is 11.4. The predicted molar refractivity (Wildman–Crippen MR) is 103 cm³/mol. The number of nitrogens with zero attached hydrogens (tertiary/aromatic N) is 2. The fraction of sp³-hybridized carbons (Fsp3) is 0.421. The number of aromatic nitrogens is 2. The molecule has 5 nitrogen and oxygen atoms in total. The number of aryl methyl sites for hydroxylation is 1. The molecule has 0 unspecified atom stereocenters. The molecule has 134 valence electrons. The lowest BCUT2D eigenvalue weighted by molar-refractivity contribution is -0.0216. The quantitative estimate of drug-likeness (QED) is 0.653. The molecule has 3 aromatic heterocycles. The number of nitrogens with one attached hydrogen (secondary N) is 1. The topological polar surface area (TPSA) is 64.1 Å². The highest BCUT2D eigenvalue weighted by Crippen LogP contribution is 2.61. The average molecular weight is 388 g/mol. The standard InChI is InChI=1S/C19H18ClN3O2S/c1-10-2-3-15(24-10)18(26)22-13-7-19(8-13)5-11(6-19)16-23-14-4-12(20)9-21-17(14)25-16/h2-4,9,11,13H,5-8H2,1H3,(H,22,26). The Balaban J connectivity index is 1.18. The first kappa shape index (κ1) is 16.3. The molecule has 2 aliphatic carbocycles. The second kappa shape index (κ2) is 5.79. The Labute approximate surface area is 161 Å². The number of hydrogen-bond donors (Lipinski definition) is 1. The van der Waals surface area contributed by atoms with Crippen molar-refractivity contribution in [1.82, 2.24) is 15.3 Å². The van der Waals surface area contributed by atoms with Crippen molar-refractivity contribution < 1.29 is 8.83 Å². The molecule has 26 heavy (non-hydrogen) atoms. The molecule has 2 aliphatic rings. The molecule has 2 saturated carbocycles. The first-order valence-corrected chi connectivity index (χ1v) is 9.58. The van der Waals surface area contributed by atoms with Gasteiger partial charge in [0.05, 0.1) is 5.02 Å². The van der Waals surface area contributed by atoms with E-state index in [4.69, 9.17) is 32.7 Å². The zero-order valence-corrected chi connectivity index (χ0v) is 15.9. The summed E-state index contributed by atoms with van der Waals surface area (Å²) in [6, 6.07) is 6.08. The highest BCUT2D eigenvalue weighted by molar-refractivity contribution is 7.80. The molecule has 0 saturated heterocycles. The number of rotatable bonds is 3. The van der Waals surface area contributed by atoms with Gasteiger partial charge in [0.1, 0.15) is 16.3 Å². The highest BCUT2D eigenvalue weighted by atomic mass is 35.5. The first-order valence-electron chi connectivity index (χ1n) is 8.79. The molecule has 0 bridgehead atoms. The van der Waals surface area contributed by atoms with Crippen molar-refractivity contribution in [1.29, 1.82) is 0 Å². The number of hydrogen-bond acceptors (Lipinski definition) is 5. The summed E-state index contributed by atoms with van der Waals surface area (Å²) >= 11 is 11.4. The summed E-state index contributed by atoms with van der Waals surface area (Å²) in [5, 5.41) is 4.01. The largest absolute Gasteiger partial charge is 0.459 e. The average Bonchev–Trinajstić information content (AvgIpc) is 3.13. The smallest absolute Gasteiger partial charge is 0.247 e. The van der Waals surface area contributed by atoms with Gasteiger partial charge < -0.3 is 14.2 Å². The van der Waals surface area contributed by atoms with Crippen LogP contribution < -0.4 is 5.32 Å². The zero-order valence-electron chi connectivity index (χ0n) is 14.3. The molecular formula is C19H18ClN3O2S. The van der Waals surface area contributed by atoms with E-state index in [-0.39, 0.29) is 0 Å². The Morgan fingerprint density at radius 3 is 2.81 bits per heavy atom. The molecule has 5 rings (SSSR count). The molecule has 7 heteroatoms. The van der Waals surface area contributed by atoms with Gasteiger partial charge in [-0.2, -0.15) is 0 Å². The van der Waals surface area contributed by atoms with Gasteiger partial charge in [0.15, 0.2) is 5.76 Å². The van der Waals surface area contributed by atoms with E-state index < -0.39 is 0 Å². The molecule has 3 aromatic rings. The molecule has 0 aliphatic heterocycles. The van der Waals surface area contributed by atoms with E-state index in [1.165, 1.54) is 0 Å². The molecule has 0 radical (unpaired) electrons. The number of furan rings is 1. The van der Waals surface area contributed by atoms with Crippen LogP contribution in [0.3, 0.4) is 0 Å². The summed E-state index contributed by atoms with van der Waals surface area (Å²) in [5.74, 6) is 2.80. The monoisotopic (exact) mass is 387 g/mol. The number of halogens is 1. The van der Waals surface area contributed by atoms with Crippen molar-refractivity contribution in [2.45, 2.75) is 44.6 Å². The van der Waals surface area contributed by atoms with Crippen LogP contribution in [0, 0.1) is 12.3 Å². The summed E-state index contributed by atoms with van der Waals surface area (Å²) in [6.45, 7) is 1.93. The summed E-state index contributed by atoms with van der Waals surface area (Å²) in [6.07, 6.45) is 6.07. The summed E-state index contributed by atoms with van der Waals surface area (Å²) in [4.78, 5) is 9.46. The van der Waals surface area contributed by atoms with Gasteiger partial charge in [-0.25, -0.2) is 9.97 Å². The highest BCUT2D eigenvalue weighted by Gasteiger charge is 2.54. The van der Waals surface area contributed by atoms with Gasteiger partial charge in [0.25, 0.3) is 0 Å². The summed E-state index contributed by atoms with van der Waals surface area (Å²) in [5.41, 5.74) is 1.71. The molecule has 3 heterocycles. The number of oxazole rings is 1. The van der Waals surface area contributed by atoms with Crippen molar-refractivity contribution in [3.8, 4) is 0 Å². The minimum atomic E-state index is 0.378. The van der Waals surface area contributed by atoms with Crippen LogP contribution in [-0.2, 0) is 0 Å². The Morgan fingerprint density at radius 2 is 2.08 bits per heavy atom. The second-order valence-electron chi connectivity index (χ2n) is 7.62. The lowest BCUT2D eigenvalue weighted by Crippen LogP contribution is -2.55. The van der Waals surface area contributed by atoms with Gasteiger partial charge >= 0.3 is 0 Å². The molecule has 0 amide bonds. The van der Waals surface area contributed by atoms with Gasteiger partial charge in [-0.05, 0) is 56.2 Å². The van der Waals surface area contributed by atoms with E-state index in [1.54, 1.807) is 12.3 Å². The van der Waals surface area contributed by atoms with E-state index in [2.05, 4.69) is 15.3 Å². The Kier molecular flexibility index (Phi) is 3.62. The van der Waals surface area contributed by atoms with Crippen LogP contribution in [0.4, 0.5) is 0 Å². The maximum absolute atomic E-state index is 5.97. The molecule has 1 spiro atoms. The molecule has 1 N–H and O–H groups in total. The van der Waals surface area contributed by atoms with Gasteiger partial charge in [-0.15, -0.1) is 0 Å². The fourth-order valence-corrected chi connectivity index (χ4v) is 4.81. The van der Waals surface area contributed by atoms with E-state index >= 15 is 0 Å². The van der Waals surface area contributed by atoms with E-state index in [0.717, 1.165) is 48.6 Å². The Morgan fingerprint density at radius 1 is 1.27 bits per heavy atom. The van der Waals surface area contributed by atoms with Crippen LogP contribution in [-0.4, -0.2) is 21.0 Å². The lowest BCUT2D eigenvalue weighted by atomic mass is 9.50. The van der Waals surface area contributed by atoms with Gasteiger partial charge in [0.2, 0.25) is 11.6 Å². The SMILES string of the molecule is Cc1ccc(C(=S)NC2CC3(C2)CC(c2nc4cc(Cl)cnc4o2)C3)o1. The van der Waals surface area contributed by atoms with Gasteiger partial charge in [-0.3, -0.25) is 0 Å². The minimum absolute atomic E-state index is 0.378. The van der Waals surface area contributed by atoms with Crippen LogP contribution in [0.15, 0.2) is 33.2 Å². The lowest BCUT2D eigenvalue weighted by Gasteiger charge is -2.57. The fourth-order valence-electron chi connectivity index (χ4n) is 4.38. The summed E-state index contributed by atoms with van der Waals surface area (Å²) in [7, 11) is 0. The van der Waals surface area contributed by atoms with Crippen LogP contribution in [0.25, 0.3) is 11.2 Å². The Hall–Kier alpha value is -1.92. The molecular weight excluding hydrogens is 370 g/mol. The van der Waals surface area contributed by atoms with Crippen molar-refractivity contribution in [2.75, 3.05) is 0 Å². The van der Waals surface area contributed by atoms with E-state index in [1.807, 2.05) is 19.1 Å². The molecule has 0 aromatic carbocycles. The minimum Gasteiger partial charge on any atom is -0.459 e. The van der Waals surface area contributed by atoms with Crippen LogP contribution >= 0.6 is 23.8 Å². The third-order valence-electron chi connectivity index (χ3n) is 5.60. The molecule has 0 atom stereocenters. The van der Waals surface area contributed by atoms with Gasteiger partial charge in [-0.1, -0.05) is 23.8 Å². The van der Waals surface area contributed by atoms with Crippen molar-refractivity contribution in [3.63, 3.8) is 0 Å². The van der Waals surface area contributed by atoms with E-state index in [9.17, 15) is 0 Å². The van der Waals surface area contributed by atoms with Crippen molar-refractivity contribution in [3.05, 3.63) is 46.8 Å². The number of fused-ring (bicyclic) bond motifs is 1. The maximum Gasteiger partial charge on any atom is 0.247 e. The molecule has 2 fully saturated rings. The number of thiocarbonyl (C=S) groups is 1. The van der Waals surface area contributed by atoms with E-state index in [0.29, 0.717) is 33.1 Å². The second-order valence-corrected chi connectivity index (χ2v) is 8.47. The number of pyridine rings is 1. The Bertz CT molecular complexity index is 997. The third kappa shape index (κ3) is 2.72. The van der Waals surface area contributed by atoms with Crippen molar-refractivity contribution in [2.24, 2.45) is 5.41 Å². The first-order chi connectivity index (χ1) is 12.5. The predicted octanol–water partition coefficient (Wildman–Crippen LogP) is 4.77. The van der Waals surface area contributed by atoms with Crippen LogP contribution in [0.2, 0.25) is 5.02 Å². The maximum atomic E-state index is 5.97. The van der Waals surface area contributed by atoms with Gasteiger partial charge in [0, 0.05) is 18.2 Å². The normalized spacial score (nSPS) is 27.3. The van der Waals surface area contributed by atoms with Crippen LogP contribution in [0.1, 0.15) is 49.0 Å². The third-order valence-corrected chi connectivity index (χ3v) is 6.12. The van der Waals surface area contributed by atoms with Crippen molar-refractivity contribution >= 4 is 40.0 Å². The zero-order chi connectivity index (χ0) is 17.9.